The predicted molar refractivity (Wildman–Crippen MR) is 61.8 cm³/mol. The van der Waals surface area contributed by atoms with E-state index in [1.165, 1.54) is 30.5 Å². The smallest absolute Gasteiger partial charge is 0.133 e. The summed E-state index contributed by atoms with van der Waals surface area (Å²) in [4.78, 5) is 4.72. The zero-order valence-corrected chi connectivity index (χ0v) is 8.61. The quantitative estimate of drug-likeness (QED) is 0.736. The van der Waals surface area contributed by atoms with Crippen molar-refractivity contribution >= 4 is 5.84 Å². The number of hydrogen-bond donors (Lipinski definition) is 1. The van der Waals surface area contributed by atoms with E-state index >= 15 is 0 Å². The maximum atomic E-state index is 4.72. The summed E-state index contributed by atoms with van der Waals surface area (Å²) < 4.78 is 0. The third-order valence-electron chi connectivity index (χ3n) is 3.00. The largest absolute Gasteiger partial charge is 0.342 e. The lowest BCUT2D eigenvalue weighted by molar-refractivity contribution is 0.620. The Bertz CT molecular complexity index is 417. The monoisotopic (exact) mass is 198 g/mol. The van der Waals surface area contributed by atoms with Crippen molar-refractivity contribution in [2.45, 2.75) is 25.3 Å². The second-order valence-electron chi connectivity index (χ2n) is 4.07. The summed E-state index contributed by atoms with van der Waals surface area (Å²) >= 11 is 0. The van der Waals surface area contributed by atoms with Crippen LogP contribution in [-0.4, -0.2) is 11.9 Å². The van der Waals surface area contributed by atoms with E-state index in [-0.39, 0.29) is 0 Å². The zero-order valence-electron chi connectivity index (χ0n) is 8.61. The van der Waals surface area contributed by atoms with Crippen molar-refractivity contribution in [2.75, 3.05) is 0 Å². The predicted octanol–water partition coefficient (Wildman–Crippen LogP) is 2.47. The first-order chi connectivity index (χ1) is 7.43. The van der Waals surface area contributed by atoms with Crippen LogP contribution < -0.4 is 5.32 Å². The molecule has 1 heterocycles. The molecule has 15 heavy (non-hydrogen) atoms. The van der Waals surface area contributed by atoms with Gasteiger partial charge in [-0.25, -0.2) is 0 Å². The molecule has 0 fully saturated rings. The van der Waals surface area contributed by atoms with E-state index in [9.17, 15) is 0 Å². The first-order valence-electron chi connectivity index (χ1n) is 5.54. The Morgan fingerprint density at radius 1 is 1.20 bits per heavy atom. The van der Waals surface area contributed by atoms with Gasteiger partial charge in [0.05, 0.1) is 6.04 Å². The second-order valence-corrected chi connectivity index (χ2v) is 4.07. The van der Waals surface area contributed by atoms with E-state index in [4.69, 9.17) is 4.99 Å². The summed E-state index contributed by atoms with van der Waals surface area (Å²) in [6.07, 6.45) is 5.93. The van der Waals surface area contributed by atoms with Gasteiger partial charge in [-0.15, -0.1) is 0 Å². The molecule has 1 unspecified atom stereocenters. The molecule has 0 saturated carbocycles. The lowest BCUT2D eigenvalue weighted by atomic mass is 10.0. The molecular formula is C13H14N2. The standard InChI is InChI=1S/C13H14N2/c1-2-6-10(7-3-1)13-14-11-8-4-5-9-12(11)15-13/h1-3,6-8,12H,4-5,9H2,(H,14,15). The molecule has 76 valence electrons. The number of aliphatic imine (C=N–C) groups is 1. The minimum absolute atomic E-state index is 0.397. The molecule has 0 bridgehead atoms. The van der Waals surface area contributed by atoms with Gasteiger partial charge in [-0.05, 0) is 19.3 Å². The van der Waals surface area contributed by atoms with Crippen molar-refractivity contribution in [2.24, 2.45) is 4.99 Å². The zero-order chi connectivity index (χ0) is 10.1. The number of amidine groups is 1. The minimum Gasteiger partial charge on any atom is -0.342 e. The van der Waals surface area contributed by atoms with Gasteiger partial charge in [-0.3, -0.25) is 4.99 Å². The summed E-state index contributed by atoms with van der Waals surface area (Å²) in [5.74, 6) is 1.04. The number of allylic oxidation sites excluding steroid dienone is 1. The molecule has 1 atom stereocenters. The fourth-order valence-corrected chi connectivity index (χ4v) is 2.20. The Morgan fingerprint density at radius 2 is 2.07 bits per heavy atom. The van der Waals surface area contributed by atoms with Crippen LogP contribution in [-0.2, 0) is 0 Å². The molecule has 2 heteroatoms. The molecule has 1 aromatic rings. The molecule has 2 aliphatic rings. The maximum absolute atomic E-state index is 4.72. The molecule has 0 radical (unpaired) electrons. The highest BCUT2D eigenvalue weighted by molar-refractivity contribution is 6.01. The number of nitrogens with one attached hydrogen (secondary N) is 1. The van der Waals surface area contributed by atoms with Crippen LogP contribution in [0.2, 0.25) is 0 Å². The van der Waals surface area contributed by atoms with Gasteiger partial charge in [0, 0.05) is 11.3 Å². The van der Waals surface area contributed by atoms with E-state index in [0.717, 1.165) is 5.84 Å². The van der Waals surface area contributed by atoms with E-state index < -0.39 is 0 Å². The van der Waals surface area contributed by atoms with Gasteiger partial charge in [0.15, 0.2) is 0 Å². The van der Waals surface area contributed by atoms with Crippen LogP contribution in [0.3, 0.4) is 0 Å². The average Bonchev–Trinajstić information content (AvgIpc) is 2.74. The first kappa shape index (κ1) is 8.72. The molecule has 1 aliphatic heterocycles. The Kier molecular flexibility index (Phi) is 2.05. The van der Waals surface area contributed by atoms with Crippen LogP contribution in [0.25, 0.3) is 0 Å². The minimum atomic E-state index is 0.397. The number of fused-ring (bicyclic) bond motifs is 1. The number of nitrogens with zero attached hydrogens (tertiary/aromatic N) is 1. The fraction of sp³-hybridized carbons (Fsp3) is 0.308. The van der Waals surface area contributed by atoms with Crippen LogP contribution in [0.15, 0.2) is 47.1 Å². The third kappa shape index (κ3) is 1.56. The van der Waals surface area contributed by atoms with E-state index in [1.807, 2.05) is 6.07 Å². The highest BCUT2D eigenvalue weighted by Crippen LogP contribution is 2.24. The second kappa shape index (κ2) is 3.54. The van der Waals surface area contributed by atoms with Crippen molar-refractivity contribution in [1.29, 1.82) is 0 Å². The summed E-state index contributed by atoms with van der Waals surface area (Å²) in [7, 11) is 0. The topological polar surface area (TPSA) is 24.4 Å². The molecule has 0 aromatic heterocycles. The normalized spacial score (nSPS) is 23.9. The number of rotatable bonds is 1. The molecule has 2 nitrogen and oxygen atoms in total. The van der Waals surface area contributed by atoms with Crippen molar-refractivity contribution < 1.29 is 0 Å². The Labute approximate surface area is 89.7 Å². The fourth-order valence-electron chi connectivity index (χ4n) is 2.20. The van der Waals surface area contributed by atoms with Crippen molar-refractivity contribution in [3.05, 3.63) is 47.7 Å². The van der Waals surface area contributed by atoms with Crippen LogP contribution >= 0.6 is 0 Å². The molecule has 0 spiro atoms. The molecule has 1 aliphatic carbocycles. The van der Waals surface area contributed by atoms with E-state index in [0.29, 0.717) is 6.04 Å². The highest BCUT2D eigenvalue weighted by atomic mass is 15.1. The van der Waals surface area contributed by atoms with Gasteiger partial charge in [-0.2, -0.15) is 0 Å². The lowest BCUT2D eigenvalue weighted by Crippen LogP contribution is -2.21. The molecule has 0 amide bonds. The summed E-state index contributed by atoms with van der Waals surface area (Å²) in [5, 5.41) is 3.42. The summed E-state index contributed by atoms with van der Waals surface area (Å²) in [5.41, 5.74) is 2.49. The molecule has 1 aromatic carbocycles. The molecule has 3 rings (SSSR count). The summed E-state index contributed by atoms with van der Waals surface area (Å²) in [6, 6.07) is 10.7. The summed E-state index contributed by atoms with van der Waals surface area (Å²) in [6.45, 7) is 0. The van der Waals surface area contributed by atoms with Crippen LogP contribution in [0.4, 0.5) is 0 Å². The van der Waals surface area contributed by atoms with Gasteiger partial charge in [-0.1, -0.05) is 36.4 Å². The SMILES string of the molecule is C1=C2NC(c3ccccc3)=NC2CCC1. The van der Waals surface area contributed by atoms with Gasteiger partial charge < -0.3 is 5.32 Å². The third-order valence-corrected chi connectivity index (χ3v) is 3.00. The first-order valence-corrected chi connectivity index (χ1v) is 5.54. The van der Waals surface area contributed by atoms with E-state index in [1.54, 1.807) is 0 Å². The Hall–Kier alpha value is -1.57. The van der Waals surface area contributed by atoms with Crippen LogP contribution in [0.5, 0.6) is 0 Å². The molecule has 1 N–H and O–H groups in total. The average molecular weight is 198 g/mol. The molecule has 0 saturated heterocycles. The van der Waals surface area contributed by atoms with Gasteiger partial charge in [0.2, 0.25) is 0 Å². The number of benzene rings is 1. The van der Waals surface area contributed by atoms with Gasteiger partial charge in [0.1, 0.15) is 5.84 Å². The van der Waals surface area contributed by atoms with E-state index in [2.05, 4.69) is 35.7 Å². The van der Waals surface area contributed by atoms with Gasteiger partial charge in [0.25, 0.3) is 0 Å². The van der Waals surface area contributed by atoms with Crippen molar-refractivity contribution in [3.8, 4) is 0 Å². The van der Waals surface area contributed by atoms with Crippen LogP contribution in [0.1, 0.15) is 24.8 Å². The van der Waals surface area contributed by atoms with Crippen LogP contribution in [0, 0.1) is 0 Å². The maximum Gasteiger partial charge on any atom is 0.133 e. The Balaban J connectivity index is 1.91. The van der Waals surface area contributed by atoms with Gasteiger partial charge >= 0.3 is 0 Å². The number of hydrogen-bond acceptors (Lipinski definition) is 2. The highest BCUT2D eigenvalue weighted by Gasteiger charge is 2.24. The van der Waals surface area contributed by atoms with Crippen molar-refractivity contribution in [1.82, 2.24) is 5.32 Å². The molecular weight excluding hydrogens is 184 g/mol. The lowest BCUT2D eigenvalue weighted by Gasteiger charge is -2.13. The van der Waals surface area contributed by atoms with Crippen molar-refractivity contribution in [3.63, 3.8) is 0 Å². The Morgan fingerprint density at radius 3 is 2.87 bits per heavy atom.